The highest BCUT2D eigenvalue weighted by molar-refractivity contribution is 6.18. The van der Waals surface area contributed by atoms with Crippen molar-refractivity contribution in [1.29, 1.82) is 0 Å². The van der Waals surface area contributed by atoms with Crippen molar-refractivity contribution in [2.45, 2.75) is 43.8 Å². The van der Waals surface area contributed by atoms with Gasteiger partial charge in [0, 0.05) is 43.4 Å². The number of aliphatic carboxylic acids is 1. The number of alkyl halides is 2. The molecule has 0 aliphatic carbocycles. The van der Waals surface area contributed by atoms with Crippen molar-refractivity contribution in [2.24, 2.45) is 0 Å². The van der Waals surface area contributed by atoms with Gasteiger partial charge < -0.3 is 26.0 Å². The van der Waals surface area contributed by atoms with Crippen LogP contribution in [-0.2, 0) is 27.2 Å². The van der Waals surface area contributed by atoms with Crippen molar-refractivity contribution >= 4 is 46.7 Å². The summed E-state index contributed by atoms with van der Waals surface area (Å²) in [4.78, 5) is 40.1. The van der Waals surface area contributed by atoms with Gasteiger partial charge in [0.1, 0.15) is 17.9 Å². The van der Waals surface area contributed by atoms with Crippen molar-refractivity contribution in [3.8, 4) is 0 Å². The molecule has 4 N–H and O–H groups in total. The molecule has 11 heteroatoms. The Morgan fingerprint density at radius 3 is 2.05 bits per heavy atom. The number of carboxylic acids is 1. The maximum absolute atomic E-state index is 13.3. The fraction of sp³-hybridized carbons (Fsp3) is 0.444. The zero-order valence-corrected chi connectivity index (χ0v) is 22.5. The topological polar surface area (TPSA) is 111 Å². The van der Waals surface area contributed by atoms with Gasteiger partial charge in [-0.25, -0.2) is 9.18 Å². The van der Waals surface area contributed by atoms with Gasteiger partial charge >= 0.3 is 5.97 Å². The molecule has 0 spiro atoms. The fourth-order valence-corrected chi connectivity index (χ4v) is 4.78. The van der Waals surface area contributed by atoms with Crippen molar-refractivity contribution in [1.82, 2.24) is 16.0 Å². The number of carbonyl (C=O) groups excluding carboxylic acids is 2. The third kappa shape index (κ3) is 8.85. The number of carbonyl (C=O) groups is 3. The summed E-state index contributed by atoms with van der Waals surface area (Å²) in [6.45, 7) is 1.98. The van der Waals surface area contributed by atoms with Gasteiger partial charge in [-0.05, 0) is 54.8 Å². The number of nitrogens with one attached hydrogen (secondary N) is 3. The van der Waals surface area contributed by atoms with E-state index in [1.54, 1.807) is 0 Å². The largest absolute Gasteiger partial charge is 0.480 e. The third-order valence-electron chi connectivity index (χ3n) is 6.43. The second kappa shape index (κ2) is 14.9. The van der Waals surface area contributed by atoms with Crippen LogP contribution in [-0.4, -0.2) is 72.4 Å². The van der Waals surface area contributed by atoms with Gasteiger partial charge in [-0.2, -0.15) is 0 Å². The first-order valence-corrected chi connectivity index (χ1v) is 13.6. The first kappa shape index (κ1) is 29.7. The van der Waals surface area contributed by atoms with Crippen LogP contribution in [0.3, 0.4) is 0 Å². The molecule has 1 fully saturated rings. The number of rotatable bonds is 14. The van der Waals surface area contributed by atoms with Crippen LogP contribution in [0.5, 0.6) is 0 Å². The molecule has 2 amide bonds. The molecule has 206 valence electrons. The summed E-state index contributed by atoms with van der Waals surface area (Å²) in [7, 11) is 0. The zero-order chi connectivity index (χ0) is 27.5. The van der Waals surface area contributed by atoms with E-state index in [1.165, 1.54) is 24.3 Å². The molecule has 1 aliphatic rings. The smallest absolute Gasteiger partial charge is 0.326 e. The number of carboxylic acid groups (broad SMARTS) is 1. The molecule has 0 bridgehead atoms. The molecule has 8 nitrogen and oxygen atoms in total. The molecule has 2 aromatic rings. The summed E-state index contributed by atoms with van der Waals surface area (Å²) in [5.74, 6) is -1.68. The Hall–Kier alpha value is -2.88. The average Bonchev–Trinajstić information content (AvgIpc) is 3.45. The Morgan fingerprint density at radius 1 is 0.947 bits per heavy atom. The lowest BCUT2D eigenvalue weighted by Crippen LogP contribution is -2.55. The molecule has 0 aromatic heterocycles. The summed E-state index contributed by atoms with van der Waals surface area (Å²) in [6.07, 6.45) is 1.65. The molecule has 1 saturated heterocycles. The second-order valence-corrected chi connectivity index (χ2v) is 9.93. The summed E-state index contributed by atoms with van der Waals surface area (Å²) < 4.78 is 13.3. The minimum atomic E-state index is -1.25. The maximum atomic E-state index is 13.3. The van der Waals surface area contributed by atoms with Crippen LogP contribution in [0, 0.1) is 5.82 Å². The molecule has 3 rings (SSSR count). The predicted octanol–water partition coefficient (Wildman–Crippen LogP) is 2.70. The Morgan fingerprint density at radius 2 is 1.53 bits per heavy atom. The number of hydrogen-bond acceptors (Lipinski definition) is 5. The van der Waals surface area contributed by atoms with E-state index in [1.807, 2.05) is 24.3 Å². The van der Waals surface area contributed by atoms with Crippen LogP contribution in [0.2, 0.25) is 0 Å². The molecule has 0 radical (unpaired) electrons. The minimum absolute atomic E-state index is 0.0299. The van der Waals surface area contributed by atoms with Crippen molar-refractivity contribution < 1.29 is 23.9 Å². The normalized spacial score (nSPS) is 16.4. The zero-order valence-electron chi connectivity index (χ0n) is 21.0. The van der Waals surface area contributed by atoms with E-state index >= 15 is 0 Å². The predicted molar refractivity (Wildman–Crippen MR) is 146 cm³/mol. The maximum Gasteiger partial charge on any atom is 0.326 e. The lowest BCUT2D eigenvalue weighted by molar-refractivity contribution is -0.142. The van der Waals surface area contributed by atoms with E-state index in [2.05, 4.69) is 20.9 Å². The Bertz CT molecular complexity index is 1060. The van der Waals surface area contributed by atoms with Crippen molar-refractivity contribution in [3.05, 3.63) is 65.5 Å². The number of nitrogens with zero attached hydrogens (tertiary/aromatic N) is 1. The Kier molecular flexibility index (Phi) is 11.6. The van der Waals surface area contributed by atoms with Gasteiger partial charge in [-0.1, -0.05) is 24.3 Å². The summed E-state index contributed by atoms with van der Waals surface area (Å²) >= 11 is 11.8. The molecule has 1 aliphatic heterocycles. The van der Waals surface area contributed by atoms with Crippen molar-refractivity contribution in [2.75, 3.05) is 36.3 Å². The lowest BCUT2D eigenvalue weighted by atomic mass is 10.0. The van der Waals surface area contributed by atoms with E-state index in [4.69, 9.17) is 23.2 Å². The molecule has 2 aromatic carbocycles. The van der Waals surface area contributed by atoms with Gasteiger partial charge in [-0.15, -0.1) is 23.2 Å². The minimum Gasteiger partial charge on any atom is -0.480 e. The number of amides is 2. The van der Waals surface area contributed by atoms with Gasteiger partial charge in [0.25, 0.3) is 0 Å². The Balaban J connectivity index is 1.75. The summed E-state index contributed by atoms with van der Waals surface area (Å²) in [5, 5.41) is 18.2. The van der Waals surface area contributed by atoms with Crippen LogP contribution in [0.15, 0.2) is 48.5 Å². The molecule has 3 unspecified atom stereocenters. The fourth-order valence-electron chi connectivity index (χ4n) is 4.37. The highest BCUT2D eigenvalue weighted by Gasteiger charge is 2.30. The number of hydrogen-bond donors (Lipinski definition) is 4. The first-order valence-electron chi connectivity index (χ1n) is 12.6. The average molecular weight is 567 g/mol. The molecule has 3 atom stereocenters. The first-order chi connectivity index (χ1) is 18.3. The monoisotopic (exact) mass is 566 g/mol. The molecule has 0 saturated carbocycles. The summed E-state index contributed by atoms with van der Waals surface area (Å²) in [5.41, 5.74) is 2.28. The molecular weight excluding hydrogens is 534 g/mol. The SMILES string of the molecule is O=C(O)C(Cc1ccc(F)cc1)NC(=O)C(Cc1ccc(N(CCCl)CCCl)cc1)NC(=O)C1CCCN1. The summed E-state index contributed by atoms with van der Waals surface area (Å²) in [6, 6.07) is 10.3. The van der Waals surface area contributed by atoms with Gasteiger partial charge in [0.2, 0.25) is 11.8 Å². The van der Waals surface area contributed by atoms with Crippen LogP contribution < -0.4 is 20.9 Å². The molecular formula is C27H33Cl2FN4O4. The molecule has 1 heterocycles. The second-order valence-electron chi connectivity index (χ2n) is 9.18. The standard InChI is InChI=1S/C27H33Cl2FN4O4/c28-11-14-34(15-12-29)21-9-5-19(6-10-21)16-23(32-25(35)22-2-1-13-31-22)26(36)33-24(27(37)38)17-18-3-7-20(30)8-4-18/h3-10,22-24,31H,1-2,11-17H2,(H,32,35)(H,33,36)(H,37,38). The van der Waals surface area contributed by atoms with Crippen molar-refractivity contribution in [3.63, 3.8) is 0 Å². The lowest BCUT2D eigenvalue weighted by Gasteiger charge is -2.24. The van der Waals surface area contributed by atoms with Crippen LogP contribution in [0.25, 0.3) is 0 Å². The quantitative estimate of drug-likeness (QED) is 0.262. The number of halogens is 3. The van der Waals surface area contributed by atoms with Gasteiger partial charge in [0.15, 0.2) is 0 Å². The van der Waals surface area contributed by atoms with Gasteiger partial charge in [0.05, 0.1) is 6.04 Å². The molecule has 38 heavy (non-hydrogen) atoms. The number of benzene rings is 2. The van der Waals surface area contributed by atoms with Crippen LogP contribution >= 0.6 is 23.2 Å². The number of anilines is 1. The highest BCUT2D eigenvalue weighted by Crippen LogP contribution is 2.17. The van der Waals surface area contributed by atoms with Crippen LogP contribution in [0.4, 0.5) is 10.1 Å². The van der Waals surface area contributed by atoms with Gasteiger partial charge in [-0.3, -0.25) is 9.59 Å². The van der Waals surface area contributed by atoms with E-state index in [0.29, 0.717) is 36.8 Å². The van der Waals surface area contributed by atoms with E-state index < -0.39 is 35.8 Å². The third-order valence-corrected chi connectivity index (χ3v) is 6.77. The van der Waals surface area contributed by atoms with E-state index in [0.717, 1.165) is 24.2 Å². The van der Waals surface area contributed by atoms with E-state index in [-0.39, 0.29) is 18.7 Å². The Labute approximate surface area is 231 Å². The highest BCUT2D eigenvalue weighted by atomic mass is 35.5. The van der Waals surface area contributed by atoms with Crippen LogP contribution in [0.1, 0.15) is 24.0 Å². The van der Waals surface area contributed by atoms with E-state index in [9.17, 15) is 23.9 Å².